The summed E-state index contributed by atoms with van der Waals surface area (Å²) in [5.74, 6) is 0. The summed E-state index contributed by atoms with van der Waals surface area (Å²) in [6, 6.07) is 0. The number of aliphatic hydroxyl groups excluding tert-OH is 6. The molecule has 0 saturated carbocycles. The summed E-state index contributed by atoms with van der Waals surface area (Å²) in [5.41, 5.74) is 0. The van der Waals surface area contributed by atoms with Gasteiger partial charge in [0.05, 0.1) is 6.61 Å². The molecule has 0 bridgehead atoms. The second-order valence-corrected chi connectivity index (χ2v) is 6.54. The van der Waals surface area contributed by atoms with Crippen molar-refractivity contribution in [3.63, 3.8) is 0 Å². The van der Waals surface area contributed by atoms with Gasteiger partial charge in [0.25, 0.3) is 0 Å². The number of phosphoric acid groups is 2. The van der Waals surface area contributed by atoms with Crippen LogP contribution < -0.4 is 0 Å². The number of rotatable bonds is 9. The van der Waals surface area contributed by atoms with E-state index in [1.165, 1.54) is 0 Å². The molecule has 0 radical (unpaired) electrons. The molecule has 6 atom stereocenters. The topological polar surface area (TPSA) is 235 Å². The van der Waals surface area contributed by atoms with Crippen LogP contribution >= 0.6 is 15.6 Å². The maximum absolute atomic E-state index is 11.0. The Hall–Kier alpha value is 2.02. The van der Waals surface area contributed by atoms with E-state index in [9.17, 15) is 29.6 Å². The van der Waals surface area contributed by atoms with Gasteiger partial charge in [-0.05, 0) is 0 Å². The Labute approximate surface area is 174 Å². The summed E-state index contributed by atoms with van der Waals surface area (Å²) >= 11 is 0. The van der Waals surface area contributed by atoms with Crippen molar-refractivity contribution < 1.29 is 63.3 Å². The van der Waals surface area contributed by atoms with Crippen molar-refractivity contribution in [2.45, 2.75) is 30.7 Å². The summed E-state index contributed by atoms with van der Waals surface area (Å²) in [7, 11) is -11.0. The van der Waals surface area contributed by atoms with Crippen LogP contribution in [-0.4, -0.2) is 142 Å². The standard InChI is InChI=1S/C6H16O13P2.2Na.2H/c7-1-2(8)3(9)4(10)5(11)6(12)18-21(16,17)19-20(13,14)15;;;;/h2-12H,1H2,(H,16,17)(H2,13,14,15);;;;/t2-,3-,4+,5-,6?;;;;/m1..../s1. The quantitative estimate of drug-likeness (QED) is 0.0989. The van der Waals surface area contributed by atoms with E-state index in [0.717, 1.165) is 0 Å². The van der Waals surface area contributed by atoms with E-state index < -0.39 is 53.0 Å². The van der Waals surface area contributed by atoms with E-state index in [2.05, 4.69) is 8.83 Å². The van der Waals surface area contributed by atoms with Gasteiger partial charge < -0.3 is 45.3 Å². The molecule has 0 aromatic heterocycles. The summed E-state index contributed by atoms with van der Waals surface area (Å²) in [6.07, 6.45) is -11.6. The first-order chi connectivity index (χ1) is 9.30. The molecule has 23 heavy (non-hydrogen) atoms. The van der Waals surface area contributed by atoms with Gasteiger partial charge in [0, 0.05) is 0 Å². The van der Waals surface area contributed by atoms with Gasteiger partial charge in [-0.25, -0.2) is 9.13 Å². The molecule has 2 unspecified atom stereocenters. The third kappa shape index (κ3) is 12.1. The molecule has 132 valence electrons. The second kappa shape index (κ2) is 12.4. The molecule has 13 nitrogen and oxygen atoms in total. The Balaban J connectivity index is -0.00000200. The Bertz CT molecular complexity index is 417. The average molecular weight is 406 g/mol. The zero-order valence-electron chi connectivity index (χ0n) is 10.1. The van der Waals surface area contributed by atoms with E-state index in [1.807, 2.05) is 0 Å². The van der Waals surface area contributed by atoms with Crippen molar-refractivity contribution in [3.05, 3.63) is 0 Å². The SMILES string of the molecule is O=P(O)(O)OP(=O)(O)OC(O)[C@H](O)[C@@H](O)[C@H](O)[C@H](O)CO.[NaH].[NaH]. The third-order valence-electron chi connectivity index (χ3n) is 2.02. The van der Waals surface area contributed by atoms with Crippen LogP contribution in [0.4, 0.5) is 0 Å². The number of phosphoric ester groups is 1. The average Bonchev–Trinajstić information content (AvgIpc) is 2.31. The van der Waals surface area contributed by atoms with E-state index in [4.69, 9.17) is 24.9 Å². The fourth-order valence-electron chi connectivity index (χ4n) is 1.06. The van der Waals surface area contributed by atoms with Crippen molar-refractivity contribution in [1.82, 2.24) is 0 Å². The molecule has 0 aliphatic heterocycles. The second-order valence-electron chi connectivity index (χ2n) is 3.76. The van der Waals surface area contributed by atoms with Crippen LogP contribution in [0.1, 0.15) is 0 Å². The van der Waals surface area contributed by atoms with Crippen molar-refractivity contribution in [3.8, 4) is 0 Å². The van der Waals surface area contributed by atoms with Gasteiger partial charge in [0.2, 0.25) is 0 Å². The number of hydrogen-bond acceptors (Lipinski definition) is 10. The fourth-order valence-corrected chi connectivity index (χ4v) is 2.69. The zero-order chi connectivity index (χ0) is 17.0. The van der Waals surface area contributed by atoms with E-state index in [-0.39, 0.29) is 59.1 Å². The Morgan fingerprint density at radius 3 is 1.61 bits per heavy atom. The first kappa shape index (κ1) is 29.8. The molecule has 0 saturated heterocycles. The van der Waals surface area contributed by atoms with Gasteiger partial charge in [0.15, 0.2) is 6.29 Å². The molecular formula is C6H18Na2O13P2. The molecule has 0 aliphatic carbocycles. The summed E-state index contributed by atoms with van der Waals surface area (Å²) in [4.78, 5) is 25.4. The summed E-state index contributed by atoms with van der Waals surface area (Å²) < 4.78 is 28.4. The maximum atomic E-state index is 11.0. The molecular weight excluding hydrogens is 388 g/mol. The van der Waals surface area contributed by atoms with Crippen LogP contribution in [0.3, 0.4) is 0 Å². The van der Waals surface area contributed by atoms with E-state index >= 15 is 0 Å². The molecule has 0 aromatic rings. The zero-order valence-corrected chi connectivity index (χ0v) is 11.9. The van der Waals surface area contributed by atoms with Gasteiger partial charge in [-0.2, -0.15) is 4.31 Å². The molecule has 0 aromatic carbocycles. The van der Waals surface area contributed by atoms with E-state index in [0.29, 0.717) is 0 Å². The molecule has 0 fully saturated rings. The molecule has 0 aliphatic rings. The van der Waals surface area contributed by atoms with Gasteiger partial charge >= 0.3 is 74.8 Å². The Morgan fingerprint density at radius 1 is 0.826 bits per heavy atom. The first-order valence-corrected chi connectivity index (χ1v) is 8.12. The first-order valence-electron chi connectivity index (χ1n) is 5.10. The van der Waals surface area contributed by atoms with Gasteiger partial charge in [-0.15, -0.1) is 0 Å². The van der Waals surface area contributed by atoms with Crippen LogP contribution in [-0.2, 0) is 18.0 Å². The monoisotopic (exact) mass is 406 g/mol. The van der Waals surface area contributed by atoms with Crippen molar-refractivity contribution in [2.75, 3.05) is 6.61 Å². The minimum absolute atomic E-state index is 0. The van der Waals surface area contributed by atoms with Gasteiger partial charge in [-0.3, -0.25) is 4.52 Å². The molecule has 0 spiro atoms. The molecule has 0 heterocycles. The van der Waals surface area contributed by atoms with Gasteiger partial charge in [-0.1, -0.05) is 0 Å². The Morgan fingerprint density at radius 2 is 1.26 bits per heavy atom. The van der Waals surface area contributed by atoms with E-state index in [1.54, 1.807) is 0 Å². The normalized spacial score (nSPS) is 20.9. The molecule has 9 N–H and O–H groups in total. The predicted molar refractivity (Wildman–Crippen MR) is 75.5 cm³/mol. The van der Waals surface area contributed by atoms with Crippen LogP contribution in [0, 0.1) is 0 Å². The summed E-state index contributed by atoms with van der Waals surface area (Å²) in [6.45, 7) is -1.01. The predicted octanol–water partition coefficient (Wildman–Crippen LogP) is -5.33. The van der Waals surface area contributed by atoms with Crippen molar-refractivity contribution in [1.29, 1.82) is 0 Å². The summed E-state index contributed by atoms with van der Waals surface area (Å²) in [5, 5.41) is 54.5. The minimum atomic E-state index is -5.50. The van der Waals surface area contributed by atoms with Crippen LogP contribution in [0.2, 0.25) is 0 Å². The Kier molecular flexibility index (Phi) is 16.1. The van der Waals surface area contributed by atoms with Crippen LogP contribution in [0.25, 0.3) is 0 Å². The van der Waals surface area contributed by atoms with Crippen molar-refractivity contribution >= 4 is 74.8 Å². The number of hydrogen-bond donors (Lipinski definition) is 9. The number of aliphatic hydroxyl groups is 6. The molecule has 0 rings (SSSR count). The van der Waals surface area contributed by atoms with Crippen LogP contribution in [0.15, 0.2) is 0 Å². The van der Waals surface area contributed by atoms with Crippen molar-refractivity contribution in [2.24, 2.45) is 0 Å². The molecule has 17 heteroatoms. The third-order valence-corrected chi connectivity index (χ3v) is 4.18. The fraction of sp³-hybridized carbons (Fsp3) is 1.00. The van der Waals surface area contributed by atoms with Crippen LogP contribution in [0.5, 0.6) is 0 Å². The molecule has 0 amide bonds. The van der Waals surface area contributed by atoms with Gasteiger partial charge in [0.1, 0.15) is 24.4 Å².